The summed E-state index contributed by atoms with van der Waals surface area (Å²) in [6.45, 7) is -1.13. The number of nitrogens with one attached hydrogen (secondary N) is 1. The number of alkyl carbamates (subject to hydrolysis) is 1. The van der Waals surface area contributed by atoms with Crippen LogP contribution >= 0.6 is 0 Å². The number of alkyl halides is 2. The Labute approximate surface area is 82.8 Å². The van der Waals surface area contributed by atoms with E-state index in [1.807, 2.05) is 0 Å². The molecule has 0 bridgehead atoms. The Morgan fingerprint density at radius 3 is 2.93 bits per heavy atom. The quantitative estimate of drug-likeness (QED) is 0.608. The molecule has 2 N–H and O–H groups in total. The summed E-state index contributed by atoms with van der Waals surface area (Å²) in [5.41, 5.74) is 0. The highest BCUT2D eigenvalue weighted by Gasteiger charge is 2.57. The van der Waals surface area contributed by atoms with Crippen molar-refractivity contribution in [3.05, 3.63) is 0 Å². The first-order valence-electron chi connectivity index (χ1n) is 4.23. The van der Waals surface area contributed by atoms with E-state index in [4.69, 9.17) is 5.11 Å². The largest absolute Gasteiger partial charge is 0.465 e. The van der Waals surface area contributed by atoms with Crippen LogP contribution < -0.4 is 5.32 Å². The Kier molecular flexibility index (Phi) is 1.95. The summed E-state index contributed by atoms with van der Waals surface area (Å²) in [7, 11) is 0. The Morgan fingerprint density at radius 2 is 2.33 bits per heavy atom. The molecule has 6 nitrogen and oxygen atoms in total. The van der Waals surface area contributed by atoms with Gasteiger partial charge in [-0.1, -0.05) is 0 Å². The fourth-order valence-electron chi connectivity index (χ4n) is 1.77. The number of nitrogens with zero attached hydrogens (tertiary/aromatic N) is 1. The van der Waals surface area contributed by atoms with Crippen molar-refractivity contribution in [2.24, 2.45) is 0 Å². The molecule has 2 rings (SSSR count). The molecular formula is C7H8F2N2O4. The summed E-state index contributed by atoms with van der Waals surface area (Å²) in [6.07, 6.45) is -3.94. The van der Waals surface area contributed by atoms with E-state index < -0.39 is 36.8 Å². The van der Waals surface area contributed by atoms with Gasteiger partial charge in [0.15, 0.2) is 6.10 Å². The molecule has 2 fully saturated rings. The highest BCUT2D eigenvalue weighted by Crippen LogP contribution is 2.32. The normalized spacial score (nSPS) is 32.9. The molecule has 2 heterocycles. The van der Waals surface area contributed by atoms with Crippen molar-refractivity contribution in [3.63, 3.8) is 0 Å². The zero-order valence-corrected chi connectivity index (χ0v) is 7.44. The van der Waals surface area contributed by atoms with E-state index in [1.165, 1.54) is 0 Å². The minimum absolute atomic E-state index is 0.179. The zero-order chi connectivity index (χ0) is 11.2. The summed E-state index contributed by atoms with van der Waals surface area (Å²) in [5, 5.41) is 10.7. The molecule has 2 amide bonds. The third kappa shape index (κ3) is 1.55. The van der Waals surface area contributed by atoms with Gasteiger partial charge in [-0.15, -0.1) is 0 Å². The maximum Gasteiger partial charge on any atom is 0.408 e. The molecule has 2 saturated heterocycles. The van der Waals surface area contributed by atoms with E-state index in [9.17, 15) is 18.4 Å². The van der Waals surface area contributed by atoms with Gasteiger partial charge in [0, 0.05) is 6.54 Å². The van der Waals surface area contributed by atoms with Crippen LogP contribution in [0.3, 0.4) is 0 Å². The molecule has 0 spiro atoms. The molecule has 0 aliphatic carbocycles. The van der Waals surface area contributed by atoms with Crippen LogP contribution in [-0.2, 0) is 4.74 Å². The summed E-state index contributed by atoms with van der Waals surface area (Å²) >= 11 is 0. The first kappa shape index (κ1) is 9.94. The van der Waals surface area contributed by atoms with Crippen LogP contribution in [0.2, 0.25) is 0 Å². The minimum Gasteiger partial charge on any atom is -0.465 e. The number of rotatable bonds is 0. The number of hydrogen-bond donors (Lipinski definition) is 2. The number of hydrogen-bond acceptors (Lipinski definition) is 3. The lowest BCUT2D eigenvalue weighted by Gasteiger charge is -2.36. The van der Waals surface area contributed by atoms with Crippen molar-refractivity contribution in [3.8, 4) is 0 Å². The van der Waals surface area contributed by atoms with E-state index in [1.54, 1.807) is 0 Å². The van der Waals surface area contributed by atoms with E-state index in [-0.39, 0.29) is 6.54 Å². The lowest BCUT2D eigenvalue weighted by molar-refractivity contribution is -0.137. The highest BCUT2D eigenvalue weighted by atomic mass is 19.3. The number of carbonyl (C=O) groups excluding carboxylic acids is 1. The van der Waals surface area contributed by atoms with Crippen molar-refractivity contribution in [2.45, 2.75) is 18.1 Å². The maximum absolute atomic E-state index is 13.3. The van der Waals surface area contributed by atoms with Crippen LogP contribution in [0.5, 0.6) is 0 Å². The molecule has 15 heavy (non-hydrogen) atoms. The third-order valence-corrected chi connectivity index (χ3v) is 2.41. The van der Waals surface area contributed by atoms with Gasteiger partial charge in [0.1, 0.15) is 0 Å². The Bertz CT molecular complexity index is 322. The fraction of sp³-hybridized carbons (Fsp3) is 0.714. The van der Waals surface area contributed by atoms with E-state index in [2.05, 4.69) is 10.1 Å². The Hall–Kier alpha value is -1.60. The van der Waals surface area contributed by atoms with Gasteiger partial charge in [0.25, 0.3) is 0 Å². The number of carboxylic acid groups (broad SMARTS) is 1. The minimum atomic E-state index is -3.35. The molecule has 2 unspecified atom stereocenters. The van der Waals surface area contributed by atoms with Gasteiger partial charge < -0.3 is 15.2 Å². The van der Waals surface area contributed by atoms with Crippen molar-refractivity contribution < 1.29 is 28.2 Å². The second-order valence-electron chi connectivity index (χ2n) is 3.50. The average Bonchev–Trinajstić information content (AvgIpc) is 2.45. The van der Waals surface area contributed by atoms with Crippen LogP contribution in [0, 0.1) is 0 Å². The second-order valence-corrected chi connectivity index (χ2v) is 3.50. The molecule has 0 saturated carbocycles. The molecule has 0 radical (unpaired) electrons. The third-order valence-electron chi connectivity index (χ3n) is 2.41. The van der Waals surface area contributed by atoms with Gasteiger partial charge in [-0.2, -0.15) is 0 Å². The molecule has 0 aromatic rings. The van der Waals surface area contributed by atoms with Gasteiger partial charge in [-0.3, -0.25) is 4.90 Å². The summed E-state index contributed by atoms with van der Waals surface area (Å²) in [5.74, 6) is -3.35. The van der Waals surface area contributed by atoms with Crippen molar-refractivity contribution >= 4 is 12.2 Å². The maximum atomic E-state index is 13.3. The molecule has 84 valence electrons. The van der Waals surface area contributed by atoms with Crippen molar-refractivity contribution in [2.75, 3.05) is 13.1 Å². The zero-order valence-electron chi connectivity index (χ0n) is 7.44. The van der Waals surface area contributed by atoms with Crippen molar-refractivity contribution in [1.29, 1.82) is 0 Å². The molecule has 2 aliphatic rings. The summed E-state index contributed by atoms with van der Waals surface area (Å²) in [4.78, 5) is 21.9. The molecule has 2 aliphatic heterocycles. The molecule has 2 atom stereocenters. The monoisotopic (exact) mass is 222 g/mol. The number of amides is 2. The predicted octanol–water partition coefficient (Wildman–Crippen LogP) is 0.0923. The molecule has 0 aromatic carbocycles. The number of carbonyl (C=O) groups is 2. The van der Waals surface area contributed by atoms with Gasteiger partial charge in [0.2, 0.25) is 0 Å². The van der Waals surface area contributed by atoms with E-state index >= 15 is 0 Å². The highest BCUT2D eigenvalue weighted by molar-refractivity contribution is 5.71. The Balaban J connectivity index is 2.20. The fourth-order valence-corrected chi connectivity index (χ4v) is 1.77. The molecule has 8 heteroatoms. The van der Waals surface area contributed by atoms with Crippen LogP contribution in [0.1, 0.15) is 0 Å². The Morgan fingerprint density at radius 1 is 1.67 bits per heavy atom. The lowest BCUT2D eigenvalue weighted by Crippen LogP contribution is -2.61. The molecular weight excluding hydrogens is 214 g/mol. The first-order valence-corrected chi connectivity index (χ1v) is 4.23. The van der Waals surface area contributed by atoms with Crippen LogP contribution in [-0.4, -0.2) is 53.4 Å². The van der Waals surface area contributed by atoms with Crippen molar-refractivity contribution in [1.82, 2.24) is 10.2 Å². The van der Waals surface area contributed by atoms with Crippen LogP contribution in [0.4, 0.5) is 18.4 Å². The number of fused-ring (bicyclic) bond motifs is 1. The number of ether oxygens (including phenoxy) is 1. The van der Waals surface area contributed by atoms with Gasteiger partial charge in [-0.05, 0) is 0 Å². The number of likely N-dealkylation sites (tertiary alicyclic amines) is 1. The van der Waals surface area contributed by atoms with Gasteiger partial charge >= 0.3 is 18.1 Å². The standard InChI is InChI=1S/C7H8F2N2O4/c8-7(9)2-11(6(13)14)1-3-4(7)15-5(12)10-3/h3-4H,1-2H2,(H,10,12)(H,13,14). The van der Waals surface area contributed by atoms with E-state index in [0.29, 0.717) is 4.90 Å². The van der Waals surface area contributed by atoms with Gasteiger partial charge in [0.05, 0.1) is 12.6 Å². The van der Waals surface area contributed by atoms with Gasteiger partial charge in [-0.25, -0.2) is 18.4 Å². The molecule has 0 aromatic heterocycles. The number of halogens is 2. The summed E-state index contributed by atoms with van der Waals surface area (Å²) in [6, 6.07) is -0.975. The smallest absolute Gasteiger partial charge is 0.408 e. The first-order chi connectivity index (χ1) is 6.90. The summed E-state index contributed by atoms with van der Waals surface area (Å²) < 4.78 is 31.0. The second kappa shape index (κ2) is 2.94. The van der Waals surface area contributed by atoms with Crippen LogP contribution in [0.15, 0.2) is 0 Å². The lowest BCUT2D eigenvalue weighted by atomic mass is 10.00. The van der Waals surface area contributed by atoms with E-state index in [0.717, 1.165) is 0 Å². The van der Waals surface area contributed by atoms with Crippen LogP contribution in [0.25, 0.3) is 0 Å². The topological polar surface area (TPSA) is 78.9 Å². The SMILES string of the molecule is O=C1NC2CN(C(=O)O)CC(F)(F)C2O1. The average molecular weight is 222 g/mol. The predicted molar refractivity (Wildman–Crippen MR) is 41.7 cm³/mol. The number of piperidine rings is 1.